The molecule has 1 fully saturated rings. The predicted octanol–water partition coefficient (Wildman–Crippen LogP) is 0.621. The number of hydrogen-bond donors (Lipinski definition) is 3. The van der Waals surface area contributed by atoms with Crippen molar-refractivity contribution >= 4 is 0 Å². The number of unbranched alkanes of at least 4 members (excludes halogenated alkanes) is 4. The number of aliphatic hydroxyl groups excluding tert-OH is 3. The summed E-state index contributed by atoms with van der Waals surface area (Å²) in [5, 5.41) is 28.2. The van der Waals surface area contributed by atoms with Crippen LogP contribution in [0.25, 0.3) is 0 Å². The Morgan fingerprint density at radius 1 is 1.32 bits per heavy atom. The van der Waals surface area contributed by atoms with E-state index >= 15 is 0 Å². The molecule has 19 heavy (non-hydrogen) atoms. The van der Waals surface area contributed by atoms with E-state index in [1.165, 1.54) is 0 Å². The van der Waals surface area contributed by atoms with Crippen LogP contribution in [0.5, 0.6) is 0 Å². The van der Waals surface area contributed by atoms with Crippen LogP contribution in [0.2, 0.25) is 0 Å². The van der Waals surface area contributed by atoms with Gasteiger partial charge in [-0.2, -0.15) is 0 Å². The number of rotatable bonds is 10. The zero-order valence-electron chi connectivity index (χ0n) is 11.4. The highest BCUT2D eigenvalue weighted by Gasteiger charge is 2.40. The topological polar surface area (TPSA) is 79.2 Å². The molecule has 3 N–H and O–H groups in total. The molecule has 5 nitrogen and oxygen atoms in total. The lowest BCUT2D eigenvalue weighted by atomic mass is 10.1. The molecule has 4 atom stereocenters. The Balaban J connectivity index is 2.17. The molecule has 0 bridgehead atoms. The van der Waals surface area contributed by atoms with Crippen LogP contribution in [-0.2, 0) is 9.47 Å². The average molecular weight is 274 g/mol. The maximum absolute atomic E-state index is 9.72. The van der Waals surface area contributed by atoms with Crippen molar-refractivity contribution < 1.29 is 24.8 Å². The summed E-state index contributed by atoms with van der Waals surface area (Å²) in [6.45, 7) is 3.97. The third-order valence-corrected chi connectivity index (χ3v) is 3.34. The normalized spacial score (nSPS) is 28.5. The van der Waals surface area contributed by atoms with Gasteiger partial charge in [0.2, 0.25) is 0 Å². The standard InChI is InChI=1S/C14H26O5/c1-2-3-4-5-6-7-8-18-14-12(17)10-19-13(14)11(16)9-15/h2,11-17H,1,3-10H2/t11-,12+,13+,14+/m1/s1. The lowest BCUT2D eigenvalue weighted by Gasteiger charge is -2.23. The fraction of sp³-hybridized carbons (Fsp3) is 0.857. The van der Waals surface area contributed by atoms with Crippen molar-refractivity contribution in [2.75, 3.05) is 19.8 Å². The SMILES string of the molecule is C=CCCCCCCO[C@@H]1[C@H]([C@H](O)CO)OC[C@@H]1O. The molecule has 1 rings (SSSR count). The third kappa shape index (κ3) is 5.58. The molecule has 0 aliphatic carbocycles. The summed E-state index contributed by atoms with van der Waals surface area (Å²) in [5.41, 5.74) is 0. The first-order chi connectivity index (χ1) is 9.20. The maximum Gasteiger partial charge on any atom is 0.114 e. The maximum atomic E-state index is 9.72. The fourth-order valence-corrected chi connectivity index (χ4v) is 2.22. The van der Waals surface area contributed by atoms with Gasteiger partial charge in [-0.1, -0.05) is 18.9 Å². The minimum Gasteiger partial charge on any atom is -0.394 e. The van der Waals surface area contributed by atoms with Gasteiger partial charge in [-0.15, -0.1) is 6.58 Å². The third-order valence-electron chi connectivity index (χ3n) is 3.34. The van der Waals surface area contributed by atoms with Crippen molar-refractivity contribution in [1.29, 1.82) is 0 Å². The van der Waals surface area contributed by atoms with Crippen LogP contribution in [-0.4, -0.2) is 59.6 Å². The second-order valence-corrected chi connectivity index (χ2v) is 4.94. The van der Waals surface area contributed by atoms with E-state index < -0.39 is 31.0 Å². The Hall–Kier alpha value is -0.460. The van der Waals surface area contributed by atoms with Gasteiger partial charge in [0, 0.05) is 6.61 Å². The van der Waals surface area contributed by atoms with Gasteiger partial charge in [0.15, 0.2) is 0 Å². The molecule has 1 saturated heterocycles. The lowest BCUT2D eigenvalue weighted by Crippen LogP contribution is -2.42. The molecule has 1 heterocycles. The van der Waals surface area contributed by atoms with Crippen molar-refractivity contribution in [2.45, 2.75) is 56.5 Å². The first-order valence-electron chi connectivity index (χ1n) is 7.01. The molecule has 112 valence electrons. The van der Waals surface area contributed by atoms with Crippen molar-refractivity contribution in [1.82, 2.24) is 0 Å². The van der Waals surface area contributed by atoms with Crippen LogP contribution >= 0.6 is 0 Å². The van der Waals surface area contributed by atoms with Gasteiger partial charge < -0.3 is 24.8 Å². The van der Waals surface area contributed by atoms with E-state index in [2.05, 4.69) is 6.58 Å². The molecule has 0 spiro atoms. The van der Waals surface area contributed by atoms with Crippen molar-refractivity contribution in [2.24, 2.45) is 0 Å². The monoisotopic (exact) mass is 274 g/mol. The molecule has 0 saturated carbocycles. The van der Waals surface area contributed by atoms with E-state index in [-0.39, 0.29) is 6.61 Å². The summed E-state index contributed by atoms with van der Waals surface area (Å²) >= 11 is 0. The molecule has 1 aliphatic rings. The molecular formula is C14H26O5. The van der Waals surface area contributed by atoms with Crippen molar-refractivity contribution in [3.63, 3.8) is 0 Å². The minimum atomic E-state index is -1.00. The van der Waals surface area contributed by atoms with Gasteiger partial charge in [0.1, 0.15) is 24.4 Å². The van der Waals surface area contributed by atoms with Gasteiger partial charge in [-0.05, 0) is 19.3 Å². The molecular weight excluding hydrogens is 248 g/mol. The predicted molar refractivity (Wildman–Crippen MR) is 71.9 cm³/mol. The second kappa shape index (κ2) is 9.44. The number of aliphatic hydroxyl groups is 3. The molecule has 0 radical (unpaired) electrons. The molecule has 0 amide bonds. The average Bonchev–Trinajstić information content (AvgIpc) is 2.78. The van der Waals surface area contributed by atoms with Crippen LogP contribution < -0.4 is 0 Å². The Morgan fingerprint density at radius 3 is 2.74 bits per heavy atom. The van der Waals surface area contributed by atoms with E-state index in [1.54, 1.807) is 0 Å². The van der Waals surface area contributed by atoms with Gasteiger partial charge in [0.05, 0.1) is 13.2 Å². The zero-order chi connectivity index (χ0) is 14.1. The van der Waals surface area contributed by atoms with Crippen LogP contribution in [0, 0.1) is 0 Å². The largest absolute Gasteiger partial charge is 0.394 e. The van der Waals surface area contributed by atoms with Gasteiger partial charge >= 0.3 is 0 Å². The molecule has 1 aliphatic heterocycles. The first-order valence-corrected chi connectivity index (χ1v) is 7.01. The smallest absolute Gasteiger partial charge is 0.114 e. The first kappa shape index (κ1) is 16.6. The second-order valence-electron chi connectivity index (χ2n) is 4.94. The molecule has 0 unspecified atom stereocenters. The lowest BCUT2D eigenvalue weighted by molar-refractivity contribution is -0.0938. The van der Waals surface area contributed by atoms with Crippen molar-refractivity contribution in [3.05, 3.63) is 12.7 Å². The molecule has 0 aromatic rings. The number of hydrogen-bond acceptors (Lipinski definition) is 5. The van der Waals surface area contributed by atoms with Crippen LogP contribution in [0.1, 0.15) is 32.1 Å². The Morgan fingerprint density at radius 2 is 2.05 bits per heavy atom. The summed E-state index contributed by atoms with van der Waals surface area (Å²) in [6, 6.07) is 0. The molecule has 5 heteroatoms. The van der Waals surface area contributed by atoms with E-state index in [0.29, 0.717) is 6.61 Å². The van der Waals surface area contributed by atoms with E-state index in [9.17, 15) is 10.2 Å². The van der Waals surface area contributed by atoms with Gasteiger partial charge in [0.25, 0.3) is 0 Å². The van der Waals surface area contributed by atoms with Gasteiger partial charge in [-0.3, -0.25) is 0 Å². The zero-order valence-corrected chi connectivity index (χ0v) is 11.4. The van der Waals surface area contributed by atoms with E-state index in [0.717, 1.165) is 32.1 Å². The van der Waals surface area contributed by atoms with E-state index in [4.69, 9.17) is 14.6 Å². The highest BCUT2D eigenvalue weighted by atomic mass is 16.6. The summed E-state index contributed by atoms with van der Waals surface area (Å²) in [7, 11) is 0. The Kier molecular flexibility index (Phi) is 8.25. The summed E-state index contributed by atoms with van der Waals surface area (Å²) in [4.78, 5) is 0. The Labute approximate surface area is 114 Å². The van der Waals surface area contributed by atoms with Crippen LogP contribution in [0.15, 0.2) is 12.7 Å². The van der Waals surface area contributed by atoms with Crippen molar-refractivity contribution in [3.8, 4) is 0 Å². The summed E-state index contributed by atoms with van der Waals surface area (Å²) in [5.74, 6) is 0. The summed E-state index contributed by atoms with van der Waals surface area (Å²) in [6.07, 6.45) is 4.32. The number of allylic oxidation sites excluding steroid dienone is 1. The molecule has 0 aromatic heterocycles. The van der Waals surface area contributed by atoms with Crippen LogP contribution in [0.4, 0.5) is 0 Å². The summed E-state index contributed by atoms with van der Waals surface area (Å²) < 4.78 is 10.8. The highest BCUT2D eigenvalue weighted by Crippen LogP contribution is 2.21. The fourth-order valence-electron chi connectivity index (χ4n) is 2.22. The Bertz CT molecular complexity index is 246. The van der Waals surface area contributed by atoms with E-state index in [1.807, 2.05) is 6.08 Å². The quantitative estimate of drug-likeness (QED) is 0.402. The van der Waals surface area contributed by atoms with Crippen LogP contribution in [0.3, 0.4) is 0 Å². The minimum absolute atomic E-state index is 0.145. The number of ether oxygens (including phenoxy) is 2. The molecule has 0 aromatic carbocycles. The van der Waals surface area contributed by atoms with Gasteiger partial charge in [-0.25, -0.2) is 0 Å². The highest BCUT2D eigenvalue weighted by molar-refractivity contribution is 4.89.